The quantitative estimate of drug-likeness (QED) is 0.811. The van der Waals surface area contributed by atoms with Gasteiger partial charge in [0.15, 0.2) is 0 Å². The van der Waals surface area contributed by atoms with E-state index in [2.05, 4.69) is 35.8 Å². The van der Waals surface area contributed by atoms with E-state index in [-0.39, 0.29) is 0 Å². The second kappa shape index (κ2) is 6.16. The smallest absolute Gasteiger partial charge is 0.0747 e. The number of hydrogen-bond donors (Lipinski definition) is 1. The molecule has 1 aromatic rings. The Labute approximate surface area is 102 Å². The number of hydrogen-bond acceptors (Lipinski definition) is 3. The molecule has 88 valence electrons. The molecule has 0 radical (unpaired) electrons. The minimum absolute atomic E-state index is 0.395. The fraction of sp³-hybridized carbons (Fsp3) is 0.538. The summed E-state index contributed by atoms with van der Waals surface area (Å²) in [6.45, 7) is 1.86. The summed E-state index contributed by atoms with van der Waals surface area (Å²) in [5.74, 6) is 0. The number of anilines is 1. The van der Waals surface area contributed by atoms with Gasteiger partial charge < -0.3 is 10.1 Å². The van der Waals surface area contributed by atoms with Crippen molar-refractivity contribution in [2.75, 3.05) is 24.7 Å². The van der Waals surface area contributed by atoms with Crippen LogP contribution in [0, 0.1) is 0 Å². The summed E-state index contributed by atoms with van der Waals surface area (Å²) in [4.78, 5) is 1.30. The maximum absolute atomic E-state index is 5.69. The van der Waals surface area contributed by atoms with Gasteiger partial charge in [0.05, 0.1) is 6.10 Å². The van der Waals surface area contributed by atoms with E-state index >= 15 is 0 Å². The molecular formula is C13H19NOS. The fourth-order valence-corrected chi connectivity index (χ4v) is 2.39. The van der Waals surface area contributed by atoms with E-state index in [1.807, 2.05) is 0 Å². The Morgan fingerprint density at radius 3 is 3.12 bits per heavy atom. The van der Waals surface area contributed by atoms with E-state index in [0.717, 1.165) is 13.2 Å². The van der Waals surface area contributed by atoms with Crippen LogP contribution in [0.4, 0.5) is 5.69 Å². The Balaban J connectivity index is 1.83. The number of ether oxygens (including phenoxy) is 1. The molecule has 1 saturated heterocycles. The summed E-state index contributed by atoms with van der Waals surface area (Å²) >= 11 is 1.77. The van der Waals surface area contributed by atoms with Crippen LogP contribution in [0.15, 0.2) is 29.2 Å². The molecule has 16 heavy (non-hydrogen) atoms. The van der Waals surface area contributed by atoms with Crippen molar-refractivity contribution in [2.45, 2.75) is 30.3 Å². The predicted molar refractivity (Wildman–Crippen MR) is 70.3 cm³/mol. The third-order valence-electron chi connectivity index (χ3n) is 2.88. The van der Waals surface area contributed by atoms with Crippen molar-refractivity contribution in [3.05, 3.63) is 24.3 Å². The third kappa shape index (κ3) is 3.42. The highest BCUT2D eigenvalue weighted by Crippen LogP contribution is 2.20. The second-order valence-corrected chi connectivity index (χ2v) is 4.98. The van der Waals surface area contributed by atoms with Crippen LogP contribution in [0.2, 0.25) is 0 Å². The van der Waals surface area contributed by atoms with Crippen LogP contribution in [-0.2, 0) is 4.74 Å². The molecule has 1 N–H and O–H groups in total. The molecule has 0 bridgehead atoms. The standard InChI is InChI=1S/C13H19NOS/c1-16-13-7-4-5-11(9-13)14-10-12-6-2-3-8-15-12/h4-5,7,9,12,14H,2-3,6,8,10H2,1H3. The van der Waals surface area contributed by atoms with Gasteiger partial charge in [-0.2, -0.15) is 0 Å². The van der Waals surface area contributed by atoms with Crippen LogP contribution in [0.3, 0.4) is 0 Å². The van der Waals surface area contributed by atoms with Gasteiger partial charge in [0.1, 0.15) is 0 Å². The van der Waals surface area contributed by atoms with Gasteiger partial charge in [0.25, 0.3) is 0 Å². The summed E-state index contributed by atoms with van der Waals surface area (Å²) in [5.41, 5.74) is 1.20. The van der Waals surface area contributed by atoms with Gasteiger partial charge in [-0.15, -0.1) is 11.8 Å². The first-order valence-electron chi connectivity index (χ1n) is 5.88. The average molecular weight is 237 g/mol. The predicted octanol–water partition coefficient (Wildman–Crippen LogP) is 3.39. The molecule has 1 fully saturated rings. The lowest BCUT2D eigenvalue weighted by Gasteiger charge is -2.23. The van der Waals surface area contributed by atoms with Gasteiger partial charge in [0, 0.05) is 23.7 Å². The normalized spacial score (nSPS) is 20.7. The lowest BCUT2D eigenvalue weighted by molar-refractivity contribution is 0.0247. The number of benzene rings is 1. The second-order valence-electron chi connectivity index (χ2n) is 4.10. The highest BCUT2D eigenvalue weighted by molar-refractivity contribution is 7.98. The van der Waals surface area contributed by atoms with E-state index in [9.17, 15) is 0 Å². The molecule has 1 aliphatic heterocycles. The Bertz CT molecular complexity index is 323. The van der Waals surface area contributed by atoms with E-state index in [0.29, 0.717) is 6.10 Å². The molecular weight excluding hydrogens is 218 g/mol. The van der Waals surface area contributed by atoms with Gasteiger partial charge in [-0.25, -0.2) is 0 Å². The Hall–Kier alpha value is -0.670. The number of nitrogens with one attached hydrogen (secondary N) is 1. The zero-order valence-corrected chi connectivity index (χ0v) is 10.6. The molecule has 2 rings (SSSR count). The Kier molecular flexibility index (Phi) is 4.55. The maximum Gasteiger partial charge on any atom is 0.0747 e. The van der Waals surface area contributed by atoms with Crippen LogP contribution in [-0.4, -0.2) is 25.5 Å². The topological polar surface area (TPSA) is 21.3 Å². The SMILES string of the molecule is CSc1cccc(NCC2CCCCO2)c1. The minimum Gasteiger partial charge on any atom is -0.382 e. The number of thioether (sulfide) groups is 1. The molecule has 1 heterocycles. The Morgan fingerprint density at radius 1 is 1.44 bits per heavy atom. The Morgan fingerprint density at radius 2 is 2.38 bits per heavy atom. The van der Waals surface area contributed by atoms with Crippen molar-refractivity contribution in [2.24, 2.45) is 0 Å². The van der Waals surface area contributed by atoms with Gasteiger partial charge in [0.2, 0.25) is 0 Å². The molecule has 1 aromatic carbocycles. The van der Waals surface area contributed by atoms with Crippen LogP contribution < -0.4 is 5.32 Å². The lowest BCUT2D eigenvalue weighted by atomic mass is 10.1. The largest absolute Gasteiger partial charge is 0.382 e. The van der Waals surface area contributed by atoms with Crippen LogP contribution >= 0.6 is 11.8 Å². The maximum atomic E-state index is 5.69. The zero-order valence-electron chi connectivity index (χ0n) is 9.74. The summed E-state index contributed by atoms with van der Waals surface area (Å²) in [5, 5.41) is 3.45. The fourth-order valence-electron chi connectivity index (χ4n) is 1.93. The monoisotopic (exact) mass is 237 g/mol. The van der Waals surface area contributed by atoms with Crippen molar-refractivity contribution in [1.29, 1.82) is 0 Å². The summed E-state index contributed by atoms with van der Waals surface area (Å²) in [6.07, 6.45) is 6.21. The van der Waals surface area contributed by atoms with Gasteiger partial charge in [-0.05, 0) is 43.7 Å². The highest BCUT2D eigenvalue weighted by atomic mass is 32.2. The zero-order chi connectivity index (χ0) is 11.2. The minimum atomic E-state index is 0.395. The summed E-state index contributed by atoms with van der Waals surface area (Å²) in [6, 6.07) is 8.53. The van der Waals surface area contributed by atoms with E-state index in [1.165, 1.54) is 29.8 Å². The molecule has 0 spiro atoms. The van der Waals surface area contributed by atoms with Crippen molar-refractivity contribution in [3.8, 4) is 0 Å². The first-order valence-corrected chi connectivity index (χ1v) is 7.10. The van der Waals surface area contributed by atoms with E-state index < -0.39 is 0 Å². The molecule has 1 unspecified atom stereocenters. The van der Waals surface area contributed by atoms with Crippen molar-refractivity contribution in [1.82, 2.24) is 0 Å². The molecule has 0 aliphatic carbocycles. The van der Waals surface area contributed by atoms with Crippen LogP contribution in [0.5, 0.6) is 0 Å². The van der Waals surface area contributed by atoms with Crippen molar-refractivity contribution in [3.63, 3.8) is 0 Å². The molecule has 0 amide bonds. The molecule has 1 atom stereocenters. The van der Waals surface area contributed by atoms with E-state index in [4.69, 9.17) is 4.74 Å². The third-order valence-corrected chi connectivity index (χ3v) is 3.60. The van der Waals surface area contributed by atoms with Gasteiger partial charge in [-0.3, -0.25) is 0 Å². The lowest BCUT2D eigenvalue weighted by Crippen LogP contribution is -2.26. The first kappa shape index (κ1) is 11.8. The molecule has 0 aromatic heterocycles. The highest BCUT2D eigenvalue weighted by Gasteiger charge is 2.12. The number of rotatable bonds is 4. The van der Waals surface area contributed by atoms with Crippen LogP contribution in [0.25, 0.3) is 0 Å². The molecule has 2 nitrogen and oxygen atoms in total. The summed E-state index contributed by atoms with van der Waals surface area (Å²) < 4.78 is 5.69. The van der Waals surface area contributed by atoms with E-state index in [1.54, 1.807) is 11.8 Å². The van der Waals surface area contributed by atoms with Crippen molar-refractivity contribution < 1.29 is 4.74 Å². The molecule has 1 aliphatic rings. The van der Waals surface area contributed by atoms with Crippen LogP contribution in [0.1, 0.15) is 19.3 Å². The first-order chi connectivity index (χ1) is 7.88. The average Bonchev–Trinajstić information content (AvgIpc) is 2.38. The van der Waals surface area contributed by atoms with Gasteiger partial charge in [-0.1, -0.05) is 6.07 Å². The molecule has 0 saturated carbocycles. The van der Waals surface area contributed by atoms with Gasteiger partial charge >= 0.3 is 0 Å². The van der Waals surface area contributed by atoms with Crippen molar-refractivity contribution >= 4 is 17.4 Å². The molecule has 3 heteroatoms. The summed E-state index contributed by atoms with van der Waals surface area (Å²) in [7, 11) is 0.